The van der Waals surface area contributed by atoms with Gasteiger partial charge in [-0.15, -0.1) is 0 Å². The van der Waals surface area contributed by atoms with Crippen LogP contribution in [0.15, 0.2) is 54.0 Å². The Morgan fingerprint density at radius 2 is 1.96 bits per heavy atom. The zero-order valence-corrected chi connectivity index (χ0v) is 14.7. The minimum Gasteiger partial charge on any atom is -0.497 e. The number of alkyl halides is 3. The number of hydrogen-bond acceptors (Lipinski definition) is 6. The molecule has 0 N–H and O–H groups in total. The first kappa shape index (κ1) is 19.2. The van der Waals surface area contributed by atoms with E-state index in [1.807, 2.05) is 0 Å². The van der Waals surface area contributed by atoms with Crippen LogP contribution in [0, 0.1) is 0 Å². The Balaban J connectivity index is 1.81. The Labute approximate surface area is 157 Å². The predicted octanol–water partition coefficient (Wildman–Crippen LogP) is 3.81. The fourth-order valence-electron chi connectivity index (χ4n) is 2.38. The molecule has 0 aliphatic heterocycles. The minimum absolute atomic E-state index is 0.117. The maximum atomic E-state index is 13.4. The zero-order valence-electron chi connectivity index (χ0n) is 14.7. The third-order valence-corrected chi connectivity index (χ3v) is 3.63. The number of aliphatic imine (C=N–C) groups is 1. The Kier molecular flexibility index (Phi) is 5.48. The maximum Gasteiger partial charge on any atom is 0.435 e. The Morgan fingerprint density at radius 3 is 2.61 bits per heavy atom. The normalized spacial score (nSPS) is 12.1. The van der Waals surface area contributed by atoms with Gasteiger partial charge in [0.15, 0.2) is 5.69 Å². The molecule has 146 valence electrons. The number of benzene rings is 1. The fraction of sp³-hybridized carbons (Fsp3) is 0.167. The monoisotopic (exact) mass is 392 g/mol. The lowest BCUT2D eigenvalue weighted by Crippen LogP contribution is -2.09. The highest BCUT2D eigenvalue weighted by molar-refractivity contribution is 5.69. The van der Waals surface area contributed by atoms with Gasteiger partial charge in [-0.2, -0.15) is 13.2 Å². The van der Waals surface area contributed by atoms with Crippen LogP contribution in [-0.4, -0.2) is 35.0 Å². The molecule has 0 unspecified atom stereocenters. The number of imidazole rings is 1. The van der Waals surface area contributed by atoms with E-state index in [2.05, 4.69) is 21.7 Å². The van der Waals surface area contributed by atoms with Gasteiger partial charge in [0.2, 0.25) is 12.6 Å². The van der Waals surface area contributed by atoms with Crippen LogP contribution in [0.5, 0.6) is 11.5 Å². The van der Waals surface area contributed by atoms with E-state index in [1.165, 1.54) is 18.5 Å². The zero-order chi connectivity index (χ0) is 20.1. The fourth-order valence-corrected chi connectivity index (χ4v) is 2.38. The summed E-state index contributed by atoms with van der Waals surface area (Å²) < 4.78 is 56.9. The van der Waals surface area contributed by atoms with E-state index in [0.29, 0.717) is 11.5 Å². The van der Waals surface area contributed by atoms with Gasteiger partial charge in [0.05, 0.1) is 7.11 Å². The largest absolute Gasteiger partial charge is 0.497 e. The first-order valence-corrected chi connectivity index (χ1v) is 7.90. The number of hydrogen-bond donors (Lipinski definition) is 0. The van der Waals surface area contributed by atoms with Crippen molar-refractivity contribution in [3.8, 4) is 11.5 Å². The van der Waals surface area contributed by atoms with Crippen LogP contribution in [0.1, 0.15) is 11.4 Å². The minimum atomic E-state index is -4.70. The SMILES string of the molecule is C=N/C(=C\OCOc1ccc(OC)cc1)c1c(C(F)(F)F)nc2ncccn12. The van der Waals surface area contributed by atoms with Gasteiger partial charge in [0.25, 0.3) is 0 Å². The molecule has 0 saturated carbocycles. The summed E-state index contributed by atoms with van der Waals surface area (Å²) in [5.41, 5.74) is -1.62. The third-order valence-electron chi connectivity index (χ3n) is 3.63. The molecule has 7 nitrogen and oxygen atoms in total. The highest BCUT2D eigenvalue weighted by Gasteiger charge is 2.39. The van der Waals surface area contributed by atoms with Gasteiger partial charge in [-0.3, -0.25) is 9.39 Å². The van der Waals surface area contributed by atoms with Crippen molar-refractivity contribution in [2.75, 3.05) is 13.9 Å². The second kappa shape index (κ2) is 7.99. The molecule has 2 aromatic heterocycles. The number of methoxy groups -OCH3 is 1. The lowest BCUT2D eigenvalue weighted by molar-refractivity contribution is -0.141. The number of rotatable bonds is 7. The number of nitrogens with zero attached hydrogens (tertiary/aromatic N) is 4. The van der Waals surface area contributed by atoms with Crippen LogP contribution in [-0.2, 0) is 10.9 Å². The van der Waals surface area contributed by atoms with Crippen molar-refractivity contribution in [2.45, 2.75) is 6.18 Å². The molecule has 0 aliphatic rings. The van der Waals surface area contributed by atoms with E-state index < -0.39 is 11.9 Å². The van der Waals surface area contributed by atoms with Crippen LogP contribution >= 0.6 is 0 Å². The van der Waals surface area contributed by atoms with E-state index >= 15 is 0 Å². The lowest BCUT2D eigenvalue weighted by Gasteiger charge is -2.09. The molecule has 0 saturated heterocycles. The molecular formula is C18H15F3N4O3. The second-order valence-corrected chi connectivity index (χ2v) is 5.36. The smallest absolute Gasteiger partial charge is 0.435 e. The van der Waals surface area contributed by atoms with Crippen molar-refractivity contribution in [2.24, 2.45) is 4.99 Å². The van der Waals surface area contributed by atoms with Crippen LogP contribution in [0.3, 0.4) is 0 Å². The van der Waals surface area contributed by atoms with Crippen LogP contribution in [0.25, 0.3) is 11.5 Å². The number of aromatic nitrogens is 3. The number of fused-ring (bicyclic) bond motifs is 1. The van der Waals surface area contributed by atoms with E-state index in [9.17, 15) is 13.2 Å². The molecule has 3 rings (SSSR count). The van der Waals surface area contributed by atoms with Gasteiger partial charge in [-0.1, -0.05) is 0 Å². The van der Waals surface area contributed by atoms with Crippen LogP contribution < -0.4 is 9.47 Å². The summed E-state index contributed by atoms with van der Waals surface area (Å²) in [6.45, 7) is 3.07. The van der Waals surface area contributed by atoms with Crippen molar-refractivity contribution >= 4 is 18.2 Å². The topological polar surface area (TPSA) is 70.2 Å². The summed E-state index contributed by atoms with van der Waals surface area (Å²) in [6, 6.07) is 8.20. The molecule has 0 atom stereocenters. The van der Waals surface area contributed by atoms with Gasteiger partial charge in [-0.05, 0) is 37.0 Å². The molecule has 10 heteroatoms. The molecule has 0 spiro atoms. The van der Waals surface area contributed by atoms with Crippen molar-refractivity contribution < 1.29 is 27.4 Å². The highest BCUT2D eigenvalue weighted by Crippen LogP contribution is 2.35. The summed E-state index contributed by atoms with van der Waals surface area (Å²) in [6.07, 6.45) is -0.933. The lowest BCUT2D eigenvalue weighted by atomic mass is 10.2. The predicted molar refractivity (Wildman–Crippen MR) is 95.1 cm³/mol. The summed E-state index contributed by atoms with van der Waals surface area (Å²) >= 11 is 0. The number of ether oxygens (including phenoxy) is 3. The molecular weight excluding hydrogens is 377 g/mol. The summed E-state index contributed by atoms with van der Waals surface area (Å²) in [5.74, 6) is 1.04. The van der Waals surface area contributed by atoms with E-state index in [1.54, 1.807) is 31.4 Å². The van der Waals surface area contributed by atoms with Gasteiger partial charge in [0, 0.05) is 12.4 Å². The molecule has 28 heavy (non-hydrogen) atoms. The Morgan fingerprint density at radius 1 is 1.25 bits per heavy atom. The summed E-state index contributed by atoms with van der Waals surface area (Å²) in [7, 11) is 1.54. The molecule has 0 amide bonds. The van der Waals surface area contributed by atoms with Crippen molar-refractivity contribution in [3.05, 3.63) is 60.4 Å². The van der Waals surface area contributed by atoms with E-state index in [0.717, 1.165) is 10.7 Å². The Bertz CT molecular complexity index is 997. The molecule has 3 aromatic rings. The number of halogens is 3. The van der Waals surface area contributed by atoms with E-state index in [-0.39, 0.29) is 24.0 Å². The molecule has 0 fully saturated rings. The first-order valence-electron chi connectivity index (χ1n) is 7.90. The van der Waals surface area contributed by atoms with Gasteiger partial charge in [0.1, 0.15) is 29.2 Å². The Hall–Kier alpha value is -3.56. The molecule has 2 heterocycles. The molecule has 0 bridgehead atoms. The average Bonchev–Trinajstić information content (AvgIpc) is 3.09. The quantitative estimate of drug-likeness (QED) is 0.265. The summed E-state index contributed by atoms with van der Waals surface area (Å²) in [4.78, 5) is 11.0. The van der Waals surface area contributed by atoms with Crippen LogP contribution in [0.4, 0.5) is 13.2 Å². The average molecular weight is 392 g/mol. The third kappa shape index (κ3) is 4.05. The van der Waals surface area contributed by atoms with Gasteiger partial charge < -0.3 is 14.2 Å². The molecule has 1 aromatic carbocycles. The second-order valence-electron chi connectivity index (χ2n) is 5.36. The standard InChI is InChI=1S/C18H15F3N4O3/c1-22-14(10-27-11-28-13-6-4-12(26-2)5-7-13)15-16(18(19,20)21)24-17-23-8-3-9-25(15)17/h3-10H,1,11H2,2H3/b14-10-. The molecule has 0 radical (unpaired) electrons. The highest BCUT2D eigenvalue weighted by atomic mass is 19.4. The summed E-state index contributed by atoms with van der Waals surface area (Å²) in [5, 5.41) is 0. The van der Waals surface area contributed by atoms with Gasteiger partial charge in [-0.25, -0.2) is 9.97 Å². The van der Waals surface area contributed by atoms with Crippen molar-refractivity contribution in [3.63, 3.8) is 0 Å². The van der Waals surface area contributed by atoms with Crippen molar-refractivity contribution in [1.82, 2.24) is 14.4 Å². The maximum absolute atomic E-state index is 13.4. The van der Waals surface area contributed by atoms with E-state index in [4.69, 9.17) is 14.2 Å². The van der Waals surface area contributed by atoms with Gasteiger partial charge >= 0.3 is 6.18 Å². The van der Waals surface area contributed by atoms with Crippen molar-refractivity contribution in [1.29, 1.82) is 0 Å². The first-order chi connectivity index (χ1) is 13.4. The van der Waals surface area contributed by atoms with Crippen LogP contribution in [0.2, 0.25) is 0 Å². The molecule has 0 aliphatic carbocycles.